The molecule has 88 valence electrons. The van der Waals surface area contributed by atoms with Crippen LogP contribution < -0.4 is 0 Å². The first kappa shape index (κ1) is 12.6. The van der Waals surface area contributed by atoms with Gasteiger partial charge in [-0.1, -0.05) is 20.8 Å². The topological polar surface area (TPSA) is 54.5 Å². The van der Waals surface area contributed by atoms with Gasteiger partial charge in [0.25, 0.3) is 11.8 Å². The number of Topliss-reactive ketones (excluding diaryl/α,β-unsaturated/α-hetero) is 1. The molecule has 0 unspecified atom stereocenters. The van der Waals surface area contributed by atoms with Crippen LogP contribution in [0.25, 0.3) is 0 Å². The number of imide groups is 1. The van der Waals surface area contributed by atoms with Crippen molar-refractivity contribution in [3.63, 3.8) is 0 Å². The maximum atomic E-state index is 11.6. The molecule has 0 N–H and O–H groups in total. The number of hydrogen-bond acceptors (Lipinski definition) is 3. The Morgan fingerprint density at radius 1 is 1.19 bits per heavy atom. The van der Waals surface area contributed by atoms with Gasteiger partial charge in [0.2, 0.25) is 0 Å². The zero-order valence-electron chi connectivity index (χ0n) is 9.95. The highest BCUT2D eigenvalue weighted by molar-refractivity contribution is 6.13. The minimum Gasteiger partial charge on any atom is -0.300 e. The summed E-state index contributed by atoms with van der Waals surface area (Å²) in [6.07, 6.45) is 3.18. The van der Waals surface area contributed by atoms with Crippen LogP contribution in [0.15, 0.2) is 12.2 Å². The number of rotatable bonds is 4. The van der Waals surface area contributed by atoms with Crippen LogP contribution in [-0.2, 0) is 14.4 Å². The minimum absolute atomic E-state index is 0.0473. The zero-order valence-corrected chi connectivity index (χ0v) is 9.95. The standard InChI is InChI=1S/C12H17NO3/c1-12(2,3)8-9(14)6-7-13-10(15)4-5-11(13)16/h4-5H,6-8H2,1-3H3. The highest BCUT2D eigenvalue weighted by atomic mass is 16.2. The van der Waals surface area contributed by atoms with Gasteiger partial charge in [-0.3, -0.25) is 19.3 Å². The number of amides is 2. The van der Waals surface area contributed by atoms with E-state index in [0.717, 1.165) is 4.90 Å². The van der Waals surface area contributed by atoms with E-state index in [1.54, 1.807) is 0 Å². The predicted molar refractivity (Wildman–Crippen MR) is 59.6 cm³/mol. The van der Waals surface area contributed by atoms with Gasteiger partial charge in [0.15, 0.2) is 0 Å². The quantitative estimate of drug-likeness (QED) is 0.675. The van der Waals surface area contributed by atoms with Crippen molar-refractivity contribution in [3.05, 3.63) is 12.2 Å². The van der Waals surface area contributed by atoms with Gasteiger partial charge >= 0.3 is 0 Å². The van der Waals surface area contributed by atoms with Crippen LogP contribution in [0.4, 0.5) is 0 Å². The Morgan fingerprint density at radius 3 is 2.12 bits per heavy atom. The Labute approximate surface area is 95.3 Å². The Hall–Kier alpha value is -1.45. The van der Waals surface area contributed by atoms with E-state index < -0.39 is 0 Å². The average molecular weight is 223 g/mol. The van der Waals surface area contributed by atoms with Crippen molar-refractivity contribution in [1.82, 2.24) is 4.90 Å². The highest BCUT2D eigenvalue weighted by Crippen LogP contribution is 2.19. The van der Waals surface area contributed by atoms with Gasteiger partial charge in [-0.05, 0) is 5.41 Å². The summed E-state index contributed by atoms with van der Waals surface area (Å²) in [4.78, 5) is 35.0. The van der Waals surface area contributed by atoms with E-state index >= 15 is 0 Å². The molecule has 0 saturated heterocycles. The maximum Gasteiger partial charge on any atom is 0.253 e. The smallest absolute Gasteiger partial charge is 0.253 e. The van der Waals surface area contributed by atoms with Crippen molar-refractivity contribution in [2.75, 3.05) is 6.54 Å². The number of carbonyl (C=O) groups excluding carboxylic acids is 3. The number of ketones is 1. The van der Waals surface area contributed by atoms with Crippen LogP contribution in [-0.4, -0.2) is 29.0 Å². The third-order valence-electron chi connectivity index (χ3n) is 2.24. The fraction of sp³-hybridized carbons (Fsp3) is 0.583. The van der Waals surface area contributed by atoms with Crippen LogP contribution in [0.1, 0.15) is 33.6 Å². The first-order chi connectivity index (χ1) is 7.29. The summed E-state index contributed by atoms with van der Waals surface area (Å²) in [5.74, 6) is -0.567. The fourth-order valence-corrected chi connectivity index (χ4v) is 1.57. The first-order valence-electron chi connectivity index (χ1n) is 5.35. The van der Waals surface area contributed by atoms with E-state index in [2.05, 4.69) is 0 Å². The molecule has 16 heavy (non-hydrogen) atoms. The molecule has 1 aliphatic rings. The molecule has 0 spiro atoms. The molecular formula is C12H17NO3. The van der Waals surface area contributed by atoms with Crippen molar-refractivity contribution in [3.8, 4) is 0 Å². The molecule has 1 aliphatic heterocycles. The Morgan fingerprint density at radius 2 is 1.69 bits per heavy atom. The molecule has 4 nitrogen and oxygen atoms in total. The maximum absolute atomic E-state index is 11.6. The molecule has 0 saturated carbocycles. The summed E-state index contributed by atoms with van der Waals surface area (Å²) in [7, 11) is 0. The van der Waals surface area contributed by atoms with E-state index in [1.165, 1.54) is 12.2 Å². The first-order valence-corrected chi connectivity index (χ1v) is 5.35. The molecule has 0 radical (unpaired) electrons. The molecule has 0 aliphatic carbocycles. The predicted octanol–water partition coefficient (Wildman–Crippen LogP) is 1.31. The lowest BCUT2D eigenvalue weighted by Crippen LogP contribution is -2.32. The van der Waals surface area contributed by atoms with Crippen LogP contribution in [0.3, 0.4) is 0 Å². The highest BCUT2D eigenvalue weighted by Gasteiger charge is 2.24. The van der Waals surface area contributed by atoms with Crippen LogP contribution in [0.5, 0.6) is 0 Å². The largest absolute Gasteiger partial charge is 0.300 e. The average Bonchev–Trinajstić information content (AvgIpc) is 2.41. The summed E-state index contributed by atoms with van der Waals surface area (Å²) in [6.45, 7) is 6.15. The Balaban J connectivity index is 2.38. The molecule has 0 bridgehead atoms. The van der Waals surface area contributed by atoms with Crippen LogP contribution >= 0.6 is 0 Å². The zero-order chi connectivity index (χ0) is 12.3. The van der Waals surface area contributed by atoms with Gasteiger partial charge in [-0.15, -0.1) is 0 Å². The van der Waals surface area contributed by atoms with Gasteiger partial charge < -0.3 is 0 Å². The monoisotopic (exact) mass is 223 g/mol. The molecule has 0 atom stereocenters. The van der Waals surface area contributed by atoms with E-state index in [1.807, 2.05) is 20.8 Å². The number of hydrogen-bond donors (Lipinski definition) is 0. The second-order valence-corrected chi connectivity index (χ2v) is 5.19. The molecule has 2 amide bonds. The summed E-state index contributed by atoms with van der Waals surface area (Å²) in [5.41, 5.74) is -0.0473. The summed E-state index contributed by atoms with van der Waals surface area (Å²) in [6, 6.07) is 0. The van der Waals surface area contributed by atoms with Crippen molar-refractivity contribution in [1.29, 1.82) is 0 Å². The van der Waals surface area contributed by atoms with E-state index in [0.29, 0.717) is 6.42 Å². The van der Waals surface area contributed by atoms with Gasteiger partial charge in [-0.2, -0.15) is 0 Å². The van der Waals surface area contributed by atoms with Crippen molar-refractivity contribution in [2.45, 2.75) is 33.6 Å². The Kier molecular flexibility index (Phi) is 3.62. The molecule has 1 heterocycles. The van der Waals surface area contributed by atoms with Crippen LogP contribution in [0, 0.1) is 5.41 Å². The van der Waals surface area contributed by atoms with Crippen LogP contribution in [0.2, 0.25) is 0 Å². The summed E-state index contributed by atoms with van der Waals surface area (Å²) < 4.78 is 0. The van der Waals surface area contributed by atoms with Gasteiger partial charge in [0, 0.05) is 31.5 Å². The SMILES string of the molecule is CC(C)(C)CC(=O)CCN1C(=O)C=CC1=O. The third-order valence-corrected chi connectivity index (χ3v) is 2.24. The van der Waals surface area contributed by atoms with Crippen molar-refractivity contribution in [2.24, 2.45) is 5.41 Å². The molecule has 1 rings (SSSR count). The van der Waals surface area contributed by atoms with Gasteiger partial charge in [-0.25, -0.2) is 0 Å². The number of nitrogens with zero attached hydrogens (tertiary/aromatic N) is 1. The lowest BCUT2D eigenvalue weighted by Gasteiger charge is -2.18. The molecular weight excluding hydrogens is 206 g/mol. The van der Waals surface area contributed by atoms with Gasteiger partial charge in [0.1, 0.15) is 5.78 Å². The lowest BCUT2D eigenvalue weighted by atomic mass is 9.89. The third kappa shape index (κ3) is 3.61. The lowest BCUT2D eigenvalue weighted by molar-refractivity contribution is -0.137. The van der Waals surface area contributed by atoms with E-state index in [4.69, 9.17) is 0 Å². The molecule has 0 aromatic carbocycles. The summed E-state index contributed by atoms with van der Waals surface area (Å²) >= 11 is 0. The van der Waals surface area contributed by atoms with Crippen molar-refractivity contribution < 1.29 is 14.4 Å². The number of carbonyl (C=O) groups is 3. The van der Waals surface area contributed by atoms with E-state index in [-0.39, 0.29) is 36.0 Å². The van der Waals surface area contributed by atoms with Gasteiger partial charge in [0.05, 0.1) is 0 Å². The Bertz CT molecular complexity index is 332. The molecule has 0 fully saturated rings. The molecule has 4 heteroatoms. The second-order valence-electron chi connectivity index (χ2n) is 5.19. The van der Waals surface area contributed by atoms with E-state index in [9.17, 15) is 14.4 Å². The summed E-state index contributed by atoms with van der Waals surface area (Å²) in [5, 5.41) is 0. The molecule has 0 aromatic heterocycles. The van der Waals surface area contributed by atoms with Crippen molar-refractivity contribution >= 4 is 17.6 Å². The normalized spacial score (nSPS) is 16.1. The molecule has 0 aromatic rings. The second kappa shape index (κ2) is 4.60. The minimum atomic E-state index is -0.325. The fourth-order valence-electron chi connectivity index (χ4n) is 1.57.